The first-order chi connectivity index (χ1) is 10.9. The quantitative estimate of drug-likeness (QED) is 0.896. The fourth-order valence-electron chi connectivity index (χ4n) is 3.16. The van der Waals surface area contributed by atoms with E-state index in [-0.39, 0.29) is 10.7 Å². The summed E-state index contributed by atoms with van der Waals surface area (Å²) in [6.45, 7) is 5.33. The van der Waals surface area contributed by atoms with Crippen molar-refractivity contribution in [2.75, 3.05) is 19.6 Å². The number of nitrogens with zero attached hydrogens (tertiary/aromatic N) is 1. The maximum Gasteiger partial charge on any atom is 0.243 e. The first-order valence-electron chi connectivity index (χ1n) is 8.38. The van der Waals surface area contributed by atoms with E-state index < -0.39 is 10.0 Å². The van der Waals surface area contributed by atoms with Crippen molar-refractivity contribution in [1.29, 1.82) is 0 Å². The van der Waals surface area contributed by atoms with Crippen molar-refractivity contribution in [3.8, 4) is 0 Å². The highest BCUT2D eigenvalue weighted by atomic mass is 32.2. The summed E-state index contributed by atoms with van der Waals surface area (Å²) < 4.78 is 40.8. The zero-order chi connectivity index (χ0) is 16.6. The van der Waals surface area contributed by atoms with Gasteiger partial charge in [0.05, 0.1) is 4.90 Å². The van der Waals surface area contributed by atoms with Crippen LogP contribution in [-0.4, -0.2) is 38.4 Å². The van der Waals surface area contributed by atoms with Crippen LogP contribution in [0.2, 0.25) is 0 Å². The van der Waals surface area contributed by atoms with Gasteiger partial charge in [0.1, 0.15) is 5.82 Å². The number of sulfonamides is 1. The van der Waals surface area contributed by atoms with E-state index in [1.165, 1.54) is 29.3 Å². The molecule has 0 bridgehead atoms. The van der Waals surface area contributed by atoms with Crippen LogP contribution in [0.25, 0.3) is 0 Å². The van der Waals surface area contributed by atoms with Gasteiger partial charge >= 0.3 is 0 Å². The molecule has 1 heterocycles. The van der Waals surface area contributed by atoms with Crippen LogP contribution in [0.3, 0.4) is 0 Å². The molecule has 0 unspecified atom stereocenters. The van der Waals surface area contributed by atoms with Gasteiger partial charge in [0, 0.05) is 19.1 Å². The van der Waals surface area contributed by atoms with Crippen molar-refractivity contribution < 1.29 is 12.8 Å². The van der Waals surface area contributed by atoms with Crippen molar-refractivity contribution in [2.24, 2.45) is 5.92 Å². The Morgan fingerprint density at radius 3 is 2.22 bits per heavy atom. The summed E-state index contributed by atoms with van der Waals surface area (Å²) in [6, 6.07) is 3.29. The number of nitrogens with one attached hydrogen (secondary N) is 1. The number of piperidine rings is 1. The minimum Gasteiger partial charge on any atom is -0.314 e. The molecule has 1 saturated heterocycles. The lowest BCUT2D eigenvalue weighted by atomic mass is 10.1. The summed E-state index contributed by atoms with van der Waals surface area (Å²) in [4.78, 5) is 0.207. The Labute approximate surface area is 138 Å². The minimum atomic E-state index is -3.53. The molecule has 1 aliphatic heterocycles. The highest BCUT2D eigenvalue weighted by molar-refractivity contribution is 7.89. The van der Waals surface area contributed by atoms with E-state index in [1.54, 1.807) is 13.8 Å². The molecule has 1 N–H and O–H groups in total. The Morgan fingerprint density at radius 2 is 1.70 bits per heavy atom. The van der Waals surface area contributed by atoms with Gasteiger partial charge in [-0.2, -0.15) is 4.31 Å². The van der Waals surface area contributed by atoms with Gasteiger partial charge in [0.15, 0.2) is 0 Å². The Bertz CT molecular complexity index is 655. The van der Waals surface area contributed by atoms with E-state index in [0.717, 1.165) is 25.3 Å². The average Bonchev–Trinajstić information content (AvgIpc) is 3.35. The molecule has 4 nitrogen and oxygen atoms in total. The zero-order valence-electron chi connectivity index (χ0n) is 13.8. The van der Waals surface area contributed by atoms with Gasteiger partial charge in [0.2, 0.25) is 10.0 Å². The van der Waals surface area contributed by atoms with Gasteiger partial charge in [-0.15, -0.1) is 0 Å². The number of aryl methyl sites for hydroxylation is 2. The van der Waals surface area contributed by atoms with Gasteiger partial charge in [-0.25, -0.2) is 12.8 Å². The van der Waals surface area contributed by atoms with Crippen LogP contribution < -0.4 is 5.32 Å². The molecule has 0 atom stereocenters. The fourth-order valence-corrected chi connectivity index (χ4v) is 4.80. The fraction of sp³-hybridized carbons (Fsp3) is 0.647. The van der Waals surface area contributed by atoms with Crippen LogP contribution in [0.15, 0.2) is 17.0 Å². The minimum absolute atomic E-state index is 0.207. The van der Waals surface area contributed by atoms with E-state index in [9.17, 15) is 12.8 Å². The summed E-state index contributed by atoms with van der Waals surface area (Å²) in [5.74, 6) is 0.508. The van der Waals surface area contributed by atoms with Crippen molar-refractivity contribution in [3.63, 3.8) is 0 Å². The predicted octanol–water partition coefficient (Wildman–Crippen LogP) is 2.60. The van der Waals surface area contributed by atoms with Gasteiger partial charge in [-0.05, 0) is 75.3 Å². The largest absolute Gasteiger partial charge is 0.314 e. The molecule has 2 aliphatic rings. The van der Waals surface area contributed by atoms with Crippen LogP contribution in [0, 0.1) is 25.6 Å². The molecule has 1 aromatic rings. The Balaban J connectivity index is 1.66. The van der Waals surface area contributed by atoms with Crippen molar-refractivity contribution in [2.45, 2.75) is 50.5 Å². The van der Waals surface area contributed by atoms with E-state index in [1.807, 2.05) is 0 Å². The second-order valence-electron chi connectivity index (χ2n) is 6.90. The van der Waals surface area contributed by atoms with E-state index >= 15 is 0 Å². The maximum atomic E-state index is 13.7. The van der Waals surface area contributed by atoms with Gasteiger partial charge in [-0.1, -0.05) is 0 Å². The molecule has 23 heavy (non-hydrogen) atoms. The molecule has 0 radical (unpaired) electrons. The lowest BCUT2D eigenvalue weighted by molar-refractivity contribution is 0.288. The number of benzene rings is 1. The second-order valence-corrected chi connectivity index (χ2v) is 8.84. The number of hydrogen-bond donors (Lipinski definition) is 1. The first-order valence-corrected chi connectivity index (χ1v) is 9.82. The first kappa shape index (κ1) is 16.9. The van der Waals surface area contributed by atoms with E-state index in [2.05, 4.69) is 5.32 Å². The molecule has 0 aromatic heterocycles. The van der Waals surface area contributed by atoms with E-state index in [0.29, 0.717) is 30.3 Å². The Morgan fingerprint density at radius 1 is 1.13 bits per heavy atom. The molecular formula is C17H25FN2O2S. The van der Waals surface area contributed by atoms with Crippen LogP contribution >= 0.6 is 0 Å². The lowest BCUT2D eigenvalue weighted by Gasteiger charge is -2.32. The number of hydrogen-bond acceptors (Lipinski definition) is 3. The second kappa shape index (κ2) is 6.49. The lowest BCUT2D eigenvalue weighted by Crippen LogP contribution is -2.45. The third kappa shape index (κ3) is 3.75. The summed E-state index contributed by atoms with van der Waals surface area (Å²) in [5, 5.41) is 3.55. The zero-order valence-corrected chi connectivity index (χ0v) is 14.6. The summed E-state index contributed by atoms with van der Waals surface area (Å²) in [5.41, 5.74) is 0.758. The highest BCUT2D eigenvalue weighted by Crippen LogP contribution is 2.28. The molecule has 3 rings (SSSR count). The number of rotatable bonds is 5. The monoisotopic (exact) mass is 340 g/mol. The average molecular weight is 340 g/mol. The summed E-state index contributed by atoms with van der Waals surface area (Å²) >= 11 is 0. The standard InChI is InChI=1S/C17H25FN2O2S/c1-12-9-16(10-13(2)17(12)18)23(21,22)20-7-5-15(6-8-20)19-11-14-3-4-14/h9-10,14-15,19H,3-8,11H2,1-2H3. The van der Waals surface area contributed by atoms with Gasteiger partial charge < -0.3 is 5.32 Å². The predicted molar refractivity (Wildman–Crippen MR) is 88.4 cm³/mol. The Hall–Kier alpha value is -0.980. The van der Waals surface area contributed by atoms with Crippen LogP contribution in [0.1, 0.15) is 36.8 Å². The van der Waals surface area contributed by atoms with Crippen LogP contribution in [0.4, 0.5) is 4.39 Å². The molecule has 1 aliphatic carbocycles. The van der Waals surface area contributed by atoms with Crippen LogP contribution in [-0.2, 0) is 10.0 Å². The third-order valence-electron chi connectivity index (χ3n) is 4.89. The molecule has 1 aromatic carbocycles. The molecule has 128 valence electrons. The summed E-state index contributed by atoms with van der Waals surface area (Å²) in [7, 11) is -3.53. The molecule has 6 heteroatoms. The van der Waals surface area contributed by atoms with Gasteiger partial charge in [-0.3, -0.25) is 0 Å². The maximum absolute atomic E-state index is 13.7. The Kier molecular flexibility index (Phi) is 4.76. The van der Waals surface area contributed by atoms with Crippen molar-refractivity contribution in [1.82, 2.24) is 9.62 Å². The SMILES string of the molecule is Cc1cc(S(=O)(=O)N2CCC(NCC3CC3)CC2)cc(C)c1F. The molecule has 0 spiro atoms. The smallest absolute Gasteiger partial charge is 0.243 e. The normalized spacial score (nSPS) is 20.8. The summed E-state index contributed by atoms with van der Waals surface area (Å²) in [6.07, 6.45) is 4.32. The molecule has 0 amide bonds. The molecule has 2 fully saturated rings. The van der Waals surface area contributed by atoms with Crippen molar-refractivity contribution in [3.05, 3.63) is 29.1 Å². The highest BCUT2D eigenvalue weighted by Gasteiger charge is 2.31. The van der Waals surface area contributed by atoms with E-state index in [4.69, 9.17) is 0 Å². The third-order valence-corrected chi connectivity index (χ3v) is 6.77. The molecular weight excluding hydrogens is 315 g/mol. The number of halogens is 1. The van der Waals surface area contributed by atoms with Crippen LogP contribution in [0.5, 0.6) is 0 Å². The molecule has 1 saturated carbocycles. The van der Waals surface area contributed by atoms with Gasteiger partial charge in [0.25, 0.3) is 0 Å². The van der Waals surface area contributed by atoms with Crippen molar-refractivity contribution >= 4 is 10.0 Å². The topological polar surface area (TPSA) is 49.4 Å².